The molecule has 174 valence electrons. The molecule has 0 unspecified atom stereocenters. The molecule has 0 amide bonds. The van der Waals surface area contributed by atoms with Crippen LogP contribution < -0.4 is 4.74 Å². The fraction of sp³-hybridized carbons (Fsp3) is 0.286. The predicted octanol–water partition coefficient (Wildman–Crippen LogP) is 5.88. The highest BCUT2D eigenvalue weighted by Crippen LogP contribution is 2.37. The summed E-state index contributed by atoms with van der Waals surface area (Å²) >= 11 is 1.67. The molecule has 0 N–H and O–H groups in total. The molecule has 1 aromatic heterocycles. The minimum atomic E-state index is -0.198. The number of para-hydroxylation sites is 2. The number of hydrogen-bond acceptors (Lipinski definition) is 5. The summed E-state index contributed by atoms with van der Waals surface area (Å²) in [6, 6.07) is 21.2. The Labute approximate surface area is 204 Å². The van der Waals surface area contributed by atoms with Gasteiger partial charge < -0.3 is 9.47 Å². The molecule has 6 heteroatoms. The molecule has 0 saturated carbocycles. The first-order chi connectivity index (χ1) is 16.6. The molecule has 0 saturated heterocycles. The van der Waals surface area contributed by atoms with Crippen LogP contribution in [0.3, 0.4) is 0 Å². The van der Waals surface area contributed by atoms with Crippen LogP contribution in [0, 0.1) is 6.92 Å². The quantitative estimate of drug-likeness (QED) is 0.248. The summed E-state index contributed by atoms with van der Waals surface area (Å²) in [6.45, 7) is 2.73. The van der Waals surface area contributed by atoms with Gasteiger partial charge in [0.2, 0.25) is 0 Å². The van der Waals surface area contributed by atoms with E-state index in [0.717, 1.165) is 40.3 Å². The number of nitrogens with zero attached hydrogens (tertiary/aromatic N) is 2. The zero-order chi connectivity index (χ0) is 23.7. The average Bonchev–Trinajstić information content (AvgIpc) is 3.44. The van der Waals surface area contributed by atoms with Gasteiger partial charge in [-0.25, -0.2) is 4.98 Å². The van der Waals surface area contributed by atoms with Crippen LogP contribution in [0.25, 0.3) is 16.7 Å². The van der Waals surface area contributed by atoms with Crippen molar-refractivity contribution >= 4 is 28.8 Å². The molecule has 1 aliphatic heterocycles. The Morgan fingerprint density at radius 3 is 2.82 bits per heavy atom. The van der Waals surface area contributed by atoms with E-state index in [9.17, 15) is 4.79 Å². The number of aromatic nitrogens is 2. The van der Waals surface area contributed by atoms with Crippen LogP contribution in [-0.4, -0.2) is 35.5 Å². The van der Waals surface area contributed by atoms with Crippen molar-refractivity contribution in [3.63, 3.8) is 0 Å². The van der Waals surface area contributed by atoms with Gasteiger partial charge in [0.1, 0.15) is 5.75 Å². The van der Waals surface area contributed by atoms with Gasteiger partial charge in [-0.05, 0) is 67.0 Å². The lowest BCUT2D eigenvalue weighted by Crippen LogP contribution is -2.09. The molecule has 0 radical (unpaired) electrons. The number of methoxy groups -OCH3 is 1. The standard InChI is InChI=1S/C28H28N2O3S/c1-18-20(7-6-10-24(18)30-25-9-5-4-8-23(25)29-28(30)34-3)13-11-19-12-14-22-21(16-27(31)32-2)17-33-26(22)15-19/h4-10,12,14-15,21H,11,13,16-17H2,1-3H3/t21-/m1/s1. The summed E-state index contributed by atoms with van der Waals surface area (Å²) < 4.78 is 13.0. The SMILES string of the molecule is COC(=O)C[C@@H]1COc2cc(CCc3cccc(-n4c(SC)nc5ccccc54)c3C)ccc21. The van der Waals surface area contributed by atoms with Gasteiger partial charge in [0.15, 0.2) is 5.16 Å². The number of carbonyl (C=O) groups is 1. The molecule has 0 bridgehead atoms. The zero-order valence-corrected chi connectivity index (χ0v) is 20.5. The largest absolute Gasteiger partial charge is 0.493 e. The van der Waals surface area contributed by atoms with Crippen LogP contribution in [-0.2, 0) is 22.4 Å². The van der Waals surface area contributed by atoms with Crippen LogP contribution in [0.1, 0.15) is 34.6 Å². The van der Waals surface area contributed by atoms with E-state index in [1.807, 2.05) is 6.07 Å². The van der Waals surface area contributed by atoms with Crippen molar-refractivity contribution in [2.75, 3.05) is 20.0 Å². The molecule has 2 heterocycles. The predicted molar refractivity (Wildman–Crippen MR) is 136 cm³/mol. The number of fused-ring (bicyclic) bond motifs is 2. The Hall–Kier alpha value is -3.25. The monoisotopic (exact) mass is 472 g/mol. The maximum atomic E-state index is 11.7. The number of benzene rings is 3. The summed E-state index contributed by atoms with van der Waals surface area (Å²) in [6.07, 6.45) is 4.28. The van der Waals surface area contributed by atoms with E-state index in [2.05, 4.69) is 72.3 Å². The van der Waals surface area contributed by atoms with Crippen LogP contribution in [0.5, 0.6) is 5.75 Å². The van der Waals surface area contributed by atoms with E-state index < -0.39 is 0 Å². The maximum absolute atomic E-state index is 11.7. The summed E-state index contributed by atoms with van der Waals surface area (Å²) in [5.74, 6) is 0.772. The molecule has 4 aromatic rings. The molecule has 3 aromatic carbocycles. The highest BCUT2D eigenvalue weighted by Gasteiger charge is 2.27. The van der Waals surface area contributed by atoms with Crippen LogP contribution in [0.2, 0.25) is 0 Å². The molecule has 0 aliphatic carbocycles. The van der Waals surface area contributed by atoms with Gasteiger partial charge in [0, 0.05) is 11.5 Å². The maximum Gasteiger partial charge on any atom is 0.306 e. The lowest BCUT2D eigenvalue weighted by Gasteiger charge is -2.15. The topological polar surface area (TPSA) is 53.4 Å². The lowest BCUT2D eigenvalue weighted by molar-refractivity contribution is -0.141. The van der Waals surface area contributed by atoms with Crippen molar-refractivity contribution in [1.29, 1.82) is 0 Å². The van der Waals surface area contributed by atoms with Crippen molar-refractivity contribution in [1.82, 2.24) is 9.55 Å². The second-order valence-corrected chi connectivity index (χ2v) is 9.42. The van der Waals surface area contributed by atoms with E-state index in [1.54, 1.807) is 11.8 Å². The van der Waals surface area contributed by atoms with Gasteiger partial charge in [0.05, 0.1) is 36.9 Å². The Morgan fingerprint density at radius 1 is 1.15 bits per heavy atom. The van der Waals surface area contributed by atoms with E-state index in [4.69, 9.17) is 14.5 Å². The molecular weight excluding hydrogens is 444 g/mol. The lowest BCUT2D eigenvalue weighted by atomic mass is 9.94. The number of imidazole rings is 1. The number of thioether (sulfide) groups is 1. The number of hydrogen-bond donors (Lipinski definition) is 0. The highest BCUT2D eigenvalue weighted by molar-refractivity contribution is 7.98. The number of aryl methyl sites for hydroxylation is 2. The molecular formula is C28H28N2O3S. The van der Waals surface area contributed by atoms with Crippen LogP contribution in [0.4, 0.5) is 0 Å². The Balaban J connectivity index is 1.38. The molecule has 1 atom stereocenters. The van der Waals surface area contributed by atoms with Crippen molar-refractivity contribution in [3.8, 4) is 11.4 Å². The fourth-order valence-electron chi connectivity index (χ4n) is 4.77. The summed E-state index contributed by atoms with van der Waals surface area (Å²) in [7, 11) is 1.43. The zero-order valence-electron chi connectivity index (χ0n) is 19.7. The first-order valence-corrected chi connectivity index (χ1v) is 12.7. The van der Waals surface area contributed by atoms with Crippen molar-refractivity contribution in [2.45, 2.75) is 37.3 Å². The smallest absolute Gasteiger partial charge is 0.306 e. The van der Waals surface area contributed by atoms with Gasteiger partial charge in [-0.2, -0.15) is 0 Å². The van der Waals surface area contributed by atoms with Gasteiger partial charge in [-0.1, -0.05) is 48.2 Å². The van der Waals surface area contributed by atoms with Crippen molar-refractivity contribution in [2.24, 2.45) is 0 Å². The van der Waals surface area contributed by atoms with E-state index in [0.29, 0.717) is 13.0 Å². The second-order valence-electron chi connectivity index (χ2n) is 8.64. The Kier molecular flexibility index (Phi) is 6.33. The van der Waals surface area contributed by atoms with Gasteiger partial charge in [-0.3, -0.25) is 9.36 Å². The molecule has 5 nitrogen and oxygen atoms in total. The third kappa shape index (κ3) is 4.18. The highest BCUT2D eigenvalue weighted by atomic mass is 32.2. The average molecular weight is 473 g/mol. The molecule has 5 rings (SSSR count). The van der Waals surface area contributed by atoms with Crippen molar-refractivity contribution in [3.05, 3.63) is 82.9 Å². The summed E-state index contributed by atoms with van der Waals surface area (Å²) in [5.41, 5.74) is 8.26. The van der Waals surface area contributed by atoms with Crippen LogP contribution in [0.15, 0.2) is 65.8 Å². The summed E-state index contributed by atoms with van der Waals surface area (Å²) in [4.78, 5) is 16.5. The fourth-order valence-corrected chi connectivity index (χ4v) is 5.33. The van der Waals surface area contributed by atoms with Crippen LogP contribution >= 0.6 is 11.8 Å². The van der Waals surface area contributed by atoms with Gasteiger partial charge >= 0.3 is 5.97 Å². The van der Waals surface area contributed by atoms with E-state index >= 15 is 0 Å². The second kappa shape index (κ2) is 9.55. The Bertz CT molecular complexity index is 1360. The van der Waals surface area contributed by atoms with Gasteiger partial charge in [-0.15, -0.1) is 0 Å². The van der Waals surface area contributed by atoms with Gasteiger partial charge in [0.25, 0.3) is 0 Å². The minimum absolute atomic E-state index is 0.0751. The van der Waals surface area contributed by atoms with E-state index in [1.165, 1.54) is 29.5 Å². The van der Waals surface area contributed by atoms with Crippen molar-refractivity contribution < 1.29 is 14.3 Å². The Morgan fingerprint density at radius 2 is 2.00 bits per heavy atom. The third-order valence-corrected chi connectivity index (χ3v) is 7.29. The summed E-state index contributed by atoms with van der Waals surface area (Å²) in [5, 5.41) is 0.999. The normalized spacial score (nSPS) is 14.7. The first kappa shape index (κ1) is 22.5. The molecule has 1 aliphatic rings. The number of esters is 1. The third-order valence-electron chi connectivity index (χ3n) is 6.65. The number of carbonyl (C=O) groups excluding carboxylic acids is 1. The van der Waals surface area contributed by atoms with E-state index in [-0.39, 0.29) is 11.9 Å². The molecule has 34 heavy (non-hydrogen) atoms. The number of rotatable bonds is 7. The molecule has 0 spiro atoms. The molecule has 0 fully saturated rings. The minimum Gasteiger partial charge on any atom is -0.493 e. The first-order valence-electron chi connectivity index (χ1n) is 11.5. The number of ether oxygens (including phenoxy) is 2.